The minimum Gasteiger partial charge on any atom is -0.341 e. The van der Waals surface area contributed by atoms with E-state index in [9.17, 15) is 13.2 Å². The van der Waals surface area contributed by atoms with E-state index in [1.165, 1.54) is 11.3 Å². The van der Waals surface area contributed by atoms with Gasteiger partial charge in [-0.2, -0.15) is 13.2 Å². The SMILES string of the molecule is FC(F)(F)C1CCc2[nH]c(=S)sc2C1. The molecule has 0 amide bonds. The van der Waals surface area contributed by atoms with Crippen LogP contribution in [0.25, 0.3) is 0 Å². The van der Waals surface area contributed by atoms with Crippen LogP contribution in [0.2, 0.25) is 0 Å². The van der Waals surface area contributed by atoms with Gasteiger partial charge in [-0.3, -0.25) is 0 Å². The lowest BCUT2D eigenvalue weighted by Gasteiger charge is -2.23. The second-order valence-electron chi connectivity index (χ2n) is 3.40. The molecule has 0 aliphatic heterocycles. The van der Waals surface area contributed by atoms with Crippen molar-refractivity contribution >= 4 is 23.6 Å². The molecule has 0 aromatic carbocycles. The molecule has 0 saturated carbocycles. The van der Waals surface area contributed by atoms with Crippen molar-refractivity contribution in [3.63, 3.8) is 0 Å². The lowest BCUT2D eigenvalue weighted by Crippen LogP contribution is -2.28. The maximum Gasteiger partial charge on any atom is 0.392 e. The van der Waals surface area contributed by atoms with Crippen LogP contribution in [0, 0.1) is 9.87 Å². The number of fused-ring (bicyclic) bond motifs is 1. The lowest BCUT2D eigenvalue weighted by molar-refractivity contribution is -0.176. The molecule has 1 N–H and O–H groups in total. The third-order valence-corrected chi connectivity index (χ3v) is 3.74. The van der Waals surface area contributed by atoms with Gasteiger partial charge < -0.3 is 4.98 Å². The first-order valence-corrected chi connectivity index (χ1v) is 5.47. The predicted octanol–water partition coefficient (Wildman–Crippen LogP) is 3.47. The van der Waals surface area contributed by atoms with Crippen molar-refractivity contribution in [3.8, 4) is 0 Å². The molecule has 0 spiro atoms. The van der Waals surface area contributed by atoms with Crippen LogP contribution < -0.4 is 0 Å². The fourth-order valence-corrected chi connectivity index (χ4v) is 3.07. The highest BCUT2D eigenvalue weighted by Crippen LogP contribution is 2.38. The highest BCUT2D eigenvalue weighted by molar-refractivity contribution is 7.73. The Morgan fingerprint density at radius 2 is 2.14 bits per heavy atom. The first-order valence-electron chi connectivity index (χ1n) is 4.24. The van der Waals surface area contributed by atoms with Crippen molar-refractivity contribution in [3.05, 3.63) is 14.5 Å². The summed E-state index contributed by atoms with van der Waals surface area (Å²) in [6.45, 7) is 0. The Morgan fingerprint density at radius 3 is 2.79 bits per heavy atom. The first-order chi connectivity index (χ1) is 6.47. The number of rotatable bonds is 0. The van der Waals surface area contributed by atoms with E-state index >= 15 is 0 Å². The van der Waals surface area contributed by atoms with E-state index in [0.717, 1.165) is 10.6 Å². The summed E-state index contributed by atoms with van der Waals surface area (Å²) in [5, 5.41) is 0. The molecule has 1 aromatic heterocycles. The van der Waals surface area contributed by atoms with Gasteiger partial charge in [-0.05, 0) is 31.5 Å². The van der Waals surface area contributed by atoms with Crippen LogP contribution in [0.1, 0.15) is 17.0 Å². The average Bonchev–Trinajstić information content (AvgIpc) is 2.41. The van der Waals surface area contributed by atoms with Crippen molar-refractivity contribution < 1.29 is 13.2 Å². The number of halogens is 3. The largest absolute Gasteiger partial charge is 0.392 e. The summed E-state index contributed by atoms with van der Waals surface area (Å²) in [7, 11) is 0. The molecular weight excluding hydrogens is 231 g/mol. The fourth-order valence-electron chi connectivity index (χ4n) is 1.68. The quantitative estimate of drug-likeness (QED) is 0.685. The summed E-state index contributed by atoms with van der Waals surface area (Å²) in [6.07, 6.45) is -3.33. The minimum absolute atomic E-state index is 0.0939. The highest BCUT2D eigenvalue weighted by Gasteiger charge is 2.41. The topological polar surface area (TPSA) is 15.8 Å². The van der Waals surface area contributed by atoms with E-state index in [0.29, 0.717) is 10.4 Å². The summed E-state index contributed by atoms with van der Waals surface area (Å²) < 4.78 is 37.8. The number of thiazole rings is 1. The molecule has 1 nitrogen and oxygen atoms in total. The van der Waals surface area contributed by atoms with E-state index in [4.69, 9.17) is 12.2 Å². The number of aromatic nitrogens is 1. The van der Waals surface area contributed by atoms with Gasteiger partial charge in [0.15, 0.2) is 3.95 Å². The van der Waals surface area contributed by atoms with Gasteiger partial charge in [0.2, 0.25) is 0 Å². The fraction of sp³-hybridized carbons (Fsp3) is 0.625. The molecule has 1 unspecified atom stereocenters. The maximum atomic E-state index is 12.4. The third kappa shape index (κ3) is 1.86. The second-order valence-corrected chi connectivity index (χ2v) is 5.17. The summed E-state index contributed by atoms with van der Waals surface area (Å²) in [5.74, 6) is -1.18. The Kier molecular flexibility index (Phi) is 2.43. The zero-order valence-electron chi connectivity index (χ0n) is 7.15. The van der Waals surface area contributed by atoms with Gasteiger partial charge in [-0.15, -0.1) is 11.3 Å². The molecule has 0 bridgehead atoms. The Hall–Kier alpha value is -0.360. The number of H-pyrrole nitrogens is 1. The van der Waals surface area contributed by atoms with Gasteiger partial charge >= 0.3 is 6.18 Å². The van der Waals surface area contributed by atoms with Crippen LogP contribution in [-0.2, 0) is 12.8 Å². The maximum absolute atomic E-state index is 12.4. The summed E-state index contributed by atoms with van der Waals surface area (Å²) >= 11 is 6.16. The van der Waals surface area contributed by atoms with Gasteiger partial charge in [0.25, 0.3) is 0 Å². The van der Waals surface area contributed by atoms with Crippen molar-refractivity contribution in [1.29, 1.82) is 0 Å². The first kappa shape index (κ1) is 10.2. The van der Waals surface area contributed by atoms with Crippen LogP contribution in [0.15, 0.2) is 0 Å². The van der Waals surface area contributed by atoms with Crippen LogP contribution in [0.4, 0.5) is 13.2 Å². The molecule has 14 heavy (non-hydrogen) atoms. The molecule has 1 aromatic rings. The Morgan fingerprint density at radius 1 is 1.43 bits per heavy atom. The molecular formula is C8H8F3NS2. The molecule has 0 fully saturated rings. The van der Waals surface area contributed by atoms with Crippen LogP contribution in [-0.4, -0.2) is 11.2 Å². The van der Waals surface area contributed by atoms with Crippen molar-refractivity contribution in [2.24, 2.45) is 5.92 Å². The normalized spacial score (nSPS) is 22.1. The molecule has 1 aliphatic rings. The molecule has 1 heterocycles. The Bertz CT molecular complexity index is 390. The van der Waals surface area contributed by atoms with Gasteiger partial charge in [-0.1, -0.05) is 0 Å². The number of aryl methyl sites for hydroxylation is 1. The second kappa shape index (κ2) is 3.34. The lowest BCUT2D eigenvalue weighted by atomic mass is 9.91. The summed E-state index contributed by atoms with van der Waals surface area (Å²) in [6, 6.07) is 0. The number of alkyl halides is 3. The van der Waals surface area contributed by atoms with Gasteiger partial charge in [-0.25, -0.2) is 0 Å². The number of aromatic amines is 1. The van der Waals surface area contributed by atoms with Crippen LogP contribution in [0.5, 0.6) is 0 Å². The molecule has 78 valence electrons. The third-order valence-electron chi connectivity index (χ3n) is 2.44. The number of hydrogen-bond acceptors (Lipinski definition) is 2. The molecule has 2 rings (SSSR count). The number of hydrogen-bond donors (Lipinski definition) is 1. The van der Waals surface area contributed by atoms with Gasteiger partial charge in [0.05, 0.1) is 5.92 Å². The number of nitrogens with one attached hydrogen (secondary N) is 1. The van der Waals surface area contributed by atoms with Crippen molar-refractivity contribution in [2.75, 3.05) is 0 Å². The van der Waals surface area contributed by atoms with E-state index in [-0.39, 0.29) is 12.8 Å². The van der Waals surface area contributed by atoms with E-state index in [2.05, 4.69) is 4.98 Å². The molecule has 1 atom stereocenters. The predicted molar refractivity (Wildman–Crippen MR) is 51.1 cm³/mol. The molecule has 0 radical (unpaired) electrons. The summed E-state index contributed by atoms with van der Waals surface area (Å²) in [4.78, 5) is 3.72. The molecule has 6 heteroatoms. The molecule has 1 aliphatic carbocycles. The van der Waals surface area contributed by atoms with Crippen LogP contribution >= 0.6 is 23.6 Å². The summed E-state index contributed by atoms with van der Waals surface area (Å²) in [5.41, 5.74) is 0.903. The van der Waals surface area contributed by atoms with E-state index in [1.54, 1.807) is 0 Å². The monoisotopic (exact) mass is 239 g/mol. The van der Waals surface area contributed by atoms with Gasteiger partial charge in [0, 0.05) is 10.6 Å². The smallest absolute Gasteiger partial charge is 0.341 e. The van der Waals surface area contributed by atoms with E-state index in [1.807, 2.05) is 0 Å². The average molecular weight is 239 g/mol. The standard InChI is InChI=1S/C8H8F3NS2/c9-8(10,11)4-1-2-5-6(3-4)14-7(13)12-5/h4H,1-3H2,(H,12,13). The Labute approximate surface area is 88.0 Å². The highest BCUT2D eigenvalue weighted by atomic mass is 32.1. The molecule has 0 saturated heterocycles. The van der Waals surface area contributed by atoms with Crippen LogP contribution in [0.3, 0.4) is 0 Å². The van der Waals surface area contributed by atoms with Gasteiger partial charge in [0.1, 0.15) is 0 Å². The minimum atomic E-state index is -4.07. The van der Waals surface area contributed by atoms with Crippen molar-refractivity contribution in [1.82, 2.24) is 4.98 Å². The Balaban J connectivity index is 2.25. The zero-order valence-corrected chi connectivity index (χ0v) is 8.78. The van der Waals surface area contributed by atoms with Crippen molar-refractivity contribution in [2.45, 2.75) is 25.4 Å². The van der Waals surface area contributed by atoms with E-state index < -0.39 is 12.1 Å². The zero-order chi connectivity index (χ0) is 10.3.